The largest absolute Gasteiger partial charge is 0.391 e. The van der Waals surface area contributed by atoms with Crippen LogP contribution in [0.25, 0.3) is 0 Å². The van der Waals surface area contributed by atoms with Crippen molar-refractivity contribution in [1.29, 1.82) is 0 Å². The minimum absolute atomic E-state index is 0.130. The van der Waals surface area contributed by atoms with Gasteiger partial charge in [0.1, 0.15) is 18.0 Å². The molecule has 1 fully saturated rings. The highest BCUT2D eigenvalue weighted by molar-refractivity contribution is 5.58. The Bertz CT molecular complexity index is 468. The molecule has 4 nitrogen and oxygen atoms in total. The Morgan fingerprint density at radius 3 is 2.52 bits per heavy atom. The molecule has 7 heteroatoms. The van der Waals surface area contributed by atoms with Gasteiger partial charge in [-0.2, -0.15) is 13.2 Å². The lowest BCUT2D eigenvalue weighted by Crippen LogP contribution is -2.39. The van der Waals surface area contributed by atoms with Gasteiger partial charge in [-0.15, -0.1) is 0 Å². The fourth-order valence-electron chi connectivity index (χ4n) is 2.60. The minimum Gasteiger partial charge on any atom is -0.370 e. The molecule has 2 heterocycles. The standard InChI is InChI=1S/C14H21F3N4/c1-3-6-18-12-10(2)13(20-9-19-12)21-7-4-11(5-8-21)14(15,16)17/h9,11H,3-8H2,1-2H3,(H,18,19,20). The van der Waals surface area contributed by atoms with Crippen LogP contribution in [0.3, 0.4) is 0 Å². The van der Waals surface area contributed by atoms with Crippen LogP contribution in [0.2, 0.25) is 0 Å². The van der Waals surface area contributed by atoms with Crippen molar-refractivity contribution in [2.24, 2.45) is 5.92 Å². The molecule has 0 spiro atoms. The Kier molecular flexibility index (Phi) is 4.90. The van der Waals surface area contributed by atoms with Gasteiger partial charge in [0.05, 0.1) is 5.92 Å². The van der Waals surface area contributed by atoms with Gasteiger partial charge in [0, 0.05) is 25.2 Å². The number of nitrogens with zero attached hydrogens (tertiary/aromatic N) is 3. The van der Waals surface area contributed by atoms with E-state index in [1.165, 1.54) is 6.33 Å². The summed E-state index contributed by atoms with van der Waals surface area (Å²) in [5.41, 5.74) is 0.899. The number of aromatic nitrogens is 2. The molecule has 0 aromatic carbocycles. The molecule has 2 rings (SSSR count). The van der Waals surface area contributed by atoms with E-state index in [-0.39, 0.29) is 12.8 Å². The normalized spacial score (nSPS) is 17.1. The summed E-state index contributed by atoms with van der Waals surface area (Å²) in [5, 5.41) is 3.22. The highest BCUT2D eigenvalue weighted by Gasteiger charge is 2.41. The number of piperidine rings is 1. The van der Waals surface area contributed by atoms with Gasteiger partial charge < -0.3 is 10.2 Å². The average molecular weight is 302 g/mol. The minimum atomic E-state index is -4.08. The highest BCUT2D eigenvalue weighted by atomic mass is 19.4. The smallest absolute Gasteiger partial charge is 0.370 e. The van der Waals surface area contributed by atoms with Crippen molar-refractivity contribution in [3.05, 3.63) is 11.9 Å². The average Bonchev–Trinajstić information content (AvgIpc) is 2.45. The summed E-state index contributed by atoms with van der Waals surface area (Å²) < 4.78 is 38.1. The lowest BCUT2D eigenvalue weighted by atomic mass is 9.96. The molecule has 0 unspecified atom stereocenters. The molecule has 0 bridgehead atoms. The number of hydrogen-bond acceptors (Lipinski definition) is 4. The first-order chi connectivity index (χ1) is 9.93. The fourth-order valence-corrected chi connectivity index (χ4v) is 2.60. The van der Waals surface area contributed by atoms with Gasteiger partial charge in [0.15, 0.2) is 0 Å². The molecule has 1 aliphatic heterocycles. The molecule has 21 heavy (non-hydrogen) atoms. The van der Waals surface area contributed by atoms with E-state index in [2.05, 4.69) is 22.2 Å². The molecule has 0 atom stereocenters. The maximum atomic E-state index is 12.7. The molecular formula is C14H21F3N4. The highest BCUT2D eigenvalue weighted by Crippen LogP contribution is 2.35. The molecule has 1 aliphatic rings. The van der Waals surface area contributed by atoms with Crippen molar-refractivity contribution >= 4 is 11.6 Å². The molecule has 0 saturated carbocycles. The quantitative estimate of drug-likeness (QED) is 0.925. The van der Waals surface area contributed by atoms with Gasteiger partial charge in [-0.3, -0.25) is 0 Å². The summed E-state index contributed by atoms with van der Waals surface area (Å²) in [6.07, 6.45) is -1.37. The lowest BCUT2D eigenvalue weighted by Gasteiger charge is -2.34. The molecule has 0 amide bonds. The van der Waals surface area contributed by atoms with Crippen LogP contribution >= 0.6 is 0 Å². The fraction of sp³-hybridized carbons (Fsp3) is 0.714. The van der Waals surface area contributed by atoms with E-state index in [1.807, 2.05) is 11.8 Å². The van der Waals surface area contributed by atoms with Gasteiger partial charge >= 0.3 is 6.18 Å². The second kappa shape index (κ2) is 6.49. The van der Waals surface area contributed by atoms with Crippen LogP contribution in [0.4, 0.5) is 24.8 Å². The number of nitrogens with one attached hydrogen (secondary N) is 1. The molecule has 1 aromatic heterocycles. The van der Waals surface area contributed by atoms with Crippen LogP contribution in [0.5, 0.6) is 0 Å². The molecule has 118 valence electrons. The Balaban J connectivity index is 2.06. The zero-order valence-corrected chi connectivity index (χ0v) is 12.4. The summed E-state index contributed by atoms with van der Waals surface area (Å²) >= 11 is 0. The molecule has 0 aliphatic carbocycles. The number of alkyl halides is 3. The van der Waals surface area contributed by atoms with Crippen LogP contribution in [-0.4, -0.2) is 35.8 Å². The first-order valence-electron chi connectivity index (χ1n) is 7.30. The zero-order valence-electron chi connectivity index (χ0n) is 12.4. The van der Waals surface area contributed by atoms with Crippen molar-refractivity contribution in [3.63, 3.8) is 0 Å². The predicted molar refractivity (Wildman–Crippen MR) is 76.5 cm³/mol. The number of rotatable bonds is 4. The van der Waals surface area contributed by atoms with Crippen LogP contribution in [0, 0.1) is 12.8 Å². The Morgan fingerprint density at radius 1 is 1.29 bits per heavy atom. The molecule has 1 N–H and O–H groups in total. The van der Waals surface area contributed by atoms with E-state index in [9.17, 15) is 13.2 Å². The molecule has 1 aromatic rings. The monoisotopic (exact) mass is 302 g/mol. The van der Waals surface area contributed by atoms with Crippen LogP contribution in [0.15, 0.2) is 6.33 Å². The third-order valence-corrected chi connectivity index (χ3v) is 3.86. The van der Waals surface area contributed by atoms with E-state index in [0.717, 1.165) is 30.2 Å². The molecular weight excluding hydrogens is 281 g/mol. The first kappa shape index (κ1) is 15.9. The van der Waals surface area contributed by atoms with E-state index in [0.29, 0.717) is 13.1 Å². The van der Waals surface area contributed by atoms with Gasteiger partial charge in [0.25, 0.3) is 0 Å². The van der Waals surface area contributed by atoms with Gasteiger partial charge in [-0.05, 0) is 26.2 Å². The maximum Gasteiger partial charge on any atom is 0.391 e. The Morgan fingerprint density at radius 2 is 1.95 bits per heavy atom. The van der Waals surface area contributed by atoms with Crippen LogP contribution in [-0.2, 0) is 0 Å². The van der Waals surface area contributed by atoms with Crippen molar-refractivity contribution in [2.45, 2.75) is 39.3 Å². The van der Waals surface area contributed by atoms with E-state index in [4.69, 9.17) is 0 Å². The van der Waals surface area contributed by atoms with Crippen molar-refractivity contribution in [1.82, 2.24) is 9.97 Å². The SMILES string of the molecule is CCCNc1ncnc(N2CCC(C(F)(F)F)CC2)c1C. The maximum absolute atomic E-state index is 12.7. The van der Waals surface area contributed by atoms with E-state index < -0.39 is 12.1 Å². The van der Waals surface area contributed by atoms with Gasteiger partial charge in [-0.25, -0.2) is 9.97 Å². The summed E-state index contributed by atoms with van der Waals surface area (Å²) in [6, 6.07) is 0. The topological polar surface area (TPSA) is 41.1 Å². The third kappa shape index (κ3) is 3.77. The summed E-state index contributed by atoms with van der Waals surface area (Å²) in [4.78, 5) is 10.4. The van der Waals surface area contributed by atoms with Crippen molar-refractivity contribution < 1.29 is 13.2 Å². The third-order valence-electron chi connectivity index (χ3n) is 3.86. The van der Waals surface area contributed by atoms with E-state index in [1.54, 1.807) is 0 Å². The van der Waals surface area contributed by atoms with Crippen LogP contribution in [0.1, 0.15) is 31.7 Å². The second-order valence-corrected chi connectivity index (χ2v) is 5.40. The Hall–Kier alpha value is -1.53. The zero-order chi connectivity index (χ0) is 15.5. The predicted octanol–water partition coefficient (Wildman–Crippen LogP) is 3.39. The molecule has 0 radical (unpaired) electrons. The Labute approximate surface area is 122 Å². The van der Waals surface area contributed by atoms with E-state index >= 15 is 0 Å². The summed E-state index contributed by atoms with van der Waals surface area (Å²) in [7, 11) is 0. The summed E-state index contributed by atoms with van der Waals surface area (Å²) in [5.74, 6) is 0.317. The van der Waals surface area contributed by atoms with Crippen molar-refractivity contribution in [2.75, 3.05) is 29.9 Å². The number of anilines is 2. The van der Waals surface area contributed by atoms with Crippen LogP contribution < -0.4 is 10.2 Å². The lowest BCUT2D eigenvalue weighted by molar-refractivity contribution is -0.179. The molecule has 1 saturated heterocycles. The number of halogens is 3. The van der Waals surface area contributed by atoms with Crippen molar-refractivity contribution in [3.8, 4) is 0 Å². The number of hydrogen-bond donors (Lipinski definition) is 1. The van der Waals surface area contributed by atoms with Gasteiger partial charge in [0.2, 0.25) is 0 Å². The summed E-state index contributed by atoms with van der Waals surface area (Å²) in [6.45, 7) is 5.55. The first-order valence-corrected chi connectivity index (χ1v) is 7.30. The second-order valence-electron chi connectivity index (χ2n) is 5.40. The van der Waals surface area contributed by atoms with Gasteiger partial charge in [-0.1, -0.05) is 6.92 Å².